The summed E-state index contributed by atoms with van der Waals surface area (Å²) in [6.45, 7) is 6.23. The van der Waals surface area contributed by atoms with Crippen LogP contribution in [-0.4, -0.2) is 38.1 Å². The minimum atomic E-state index is 0.0948. The van der Waals surface area contributed by atoms with Gasteiger partial charge in [-0.3, -0.25) is 0 Å². The number of nitrogens with zero attached hydrogens (tertiary/aromatic N) is 1. The zero-order chi connectivity index (χ0) is 21.3. The second kappa shape index (κ2) is 7.99. The molecular formula is C23H27NO5. The molecule has 0 radical (unpaired) electrons. The van der Waals surface area contributed by atoms with E-state index in [1.807, 2.05) is 18.2 Å². The summed E-state index contributed by atoms with van der Waals surface area (Å²) >= 11 is 0. The lowest BCUT2D eigenvalue weighted by Gasteiger charge is -2.18. The first-order chi connectivity index (χ1) is 13.9. The molecule has 0 saturated carbocycles. The fourth-order valence-electron chi connectivity index (χ4n) is 3.65. The maximum absolute atomic E-state index is 10.3. The van der Waals surface area contributed by atoms with Gasteiger partial charge in [-0.2, -0.15) is 0 Å². The summed E-state index contributed by atoms with van der Waals surface area (Å²) in [4.78, 5) is 0. The molecule has 1 heterocycles. The third kappa shape index (κ3) is 3.35. The molecule has 6 heteroatoms. The molecule has 3 rings (SSSR count). The number of phenols is 1. The molecular weight excluding hydrogens is 370 g/mol. The van der Waals surface area contributed by atoms with E-state index in [4.69, 9.17) is 18.9 Å². The van der Waals surface area contributed by atoms with Crippen LogP contribution in [0.25, 0.3) is 16.9 Å². The van der Waals surface area contributed by atoms with Crippen LogP contribution in [0.3, 0.4) is 0 Å². The summed E-state index contributed by atoms with van der Waals surface area (Å²) in [5.74, 6) is 2.23. The van der Waals surface area contributed by atoms with Crippen LogP contribution in [0.2, 0.25) is 0 Å². The Labute approximate surface area is 171 Å². The summed E-state index contributed by atoms with van der Waals surface area (Å²) in [5, 5.41) is 10.3. The molecule has 29 heavy (non-hydrogen) atoms. The van der Waals surface area contributed by atoms with Crippen LogP contribution in [0.4, 0.5) is 0 Å². The van der Waals surface area contributed by atoms with Crippen LogP contribution in [0.5, 0.6) is 28.7 Å². The topological polar surface area (TPSA) is 62.1 Å². The van der Waals surface area contributed by atoms with E-state index in [0.29, 0.717) is 23.0 Å². The Hall–Kier alpha value is -3.28. The number of ether oxygens (including phenoxy) is 4. The Morgan fingerprint density at radius 3 is 1.79 bits per heavy atom. The quantitative estimate of drug-likeness (QED) is 0.647. The molecule has 0 fully saturated rings. The zero-order valence-corrected chi connectivity index (χ0v) is 17.9. The highest BCUT2D eigenvalue weighted by Gasteiger charge is 2.21. The van der Waals surface area contributed by atoms with Gasteiger partial charge in [0.2, 0.25) is 5.75 Å². The molecule has 1 N–H and O–H groups in total. The molecule has 0 spiro atoms. The van der Waals surface area contributed by atoms with Gasteiger partial charge < -0.3 is 28.6 Å². The summed E-state index contributed by atoms with van der Waals surface area (Å²) in [6.07, 6.45) is 0. The van der Waals surface area contributed by atoms with E-state index < -0.39 is 0 Å². The first-order valence-corrected chi connectivity index (χ1v) is 9.24. The van der Waals surface area contributed by atoms with Crippen molar-refractivity contribution in [1.82, 2.24) is 4.57 Å². The lowest BCUT2D eigenvalue weighted by atomic mass is 10.1. The Kier molecular flexibility index (Phi) is 5.64. The lowest BCUT2D eigenvalue weighted by molar-refractivity contribution is 0.324. The van der Waals surface area contributed by atoms with E-state index in [-0.39, 0.29) is 5.75 Å². The standard InChI is InChI=1S/C23H27NO5/c1-13-14(2)22(16-8-9-19(26-4)18(25)10-16)24(15(13)3)17-11-20(27-5)23(29-7)21(12-17)28-6/h8-12,25H,1-7H3. The van der Waals surface area contributed by atoms with Crippen molar-refractivity contribution in [3.8, 4) is 45.7 Å². The van der Waals surface area contributed by atoms with Crippen LogP contribution < -0.4 is 18.9 Å². The molecule has 0 amide bonds. The average molecular weight is 397 g/mol. The summed E-state index contributed by atoms with van der Waals surface area (Å²) in [5.41, 5.74) is 6.11. The van der Waals surface area contributed by atoms with Gasteiger partial charge in [0.1, 0.15) is 0 Å². The van der Waals surface area contributed by atoms with Crippen molar-refractivity contribution >= 4 is 0 Å². The third-order valence-electron chi connectivity index (χ3n) is 5.38. The van der Waals surface area contributed by atoms with E-state index in [9.17, 15) is 5.11 Å². The van der Waals surface area contributed by atoms with Crippen LogP contribution in [0, 0.1) is 20.8 Å². The van der Waals surface area contributed by atoms with E-state index in [1.165, 1.54) is 12.7 Å². The van der Waals surface area contributed by atoms with Gasteiger partial charge in [-0.05, 0) is 50.1 Å². The molecule has 0 atom stereocenters. The van der Waals surface area contributed by atoms with Gasteiger partial charge in [-0.1, -0.05) is 0 Å². The average Bonchev–Trinajstić information content (AvgIpc) is 2.96. The van der Waals surface area contributed by atoms with Gasteiger partial charge >= 0.3 is 0 Å². The van der Waals surface area contributed by atoms with E-state index in [0.717, 1.165) is 28.2 Å². The fraction of sp³-hybridized carbons (Fsp3) is 0.304. The Morgan fingerprint density at radius 2 is 1.31 bits per heavy atom. The maximum atomic E-state index is 10.3. The number of hydrogen-bond donors (Lipinski definition) is 1. The number of benzene rings is 2. The Balaban J connectivity index is 2.32. The molecule has 0 bridgehead atoms. The lowest BCUT2D eigenvalue weighted by Crippen LogP contribution is -2.03. The molecule has 2 aromatic carbocycles. The van der Waals surface area contributed by atoms with E-state index in [2.05, 4.69) is 25.3 Å². The smallest absolute Gasteiger partial charge is 0.203 e. The van der Waals surface area contributed by atoms with Crippen molar-refractivity contribution < 1.29 is 24.1 Å². The van der Waals surface area contributed by atoms with Gasteiger partial charge in [-0.15, -0.1) is 0 Å². The largest absolute Gasteiger partial charge is 0.504 e. The van der Waals surface area contributed by atoms with Crippen molar-refractivity contribution in [2.45, 2.75) is 20.8 Å². The second-order valence-electron chi connectivity index (χ2n) is 6.79. The molecule has 3 aromatic rings. The minimum absolute atomic E-state index is 0.0948. The predicted molar refractivity (Wildman–Crippen MR) is 113 cm³/mol. The molecule has 1 aromatic heterocycles. The maximum Gasteiger partial charge on any atom is 0.203 e. The number of hydrogen-bond acceptors (Lipinski definition) is 5. The third-order valence-corrected chi connectivity index (χ3v) is 5.38. The van der Waals surface area contributed by atoms with Crippen LogP contribution in [-0.2, 0) is 0 Å². The highest BCUT2D eigenvalue weighted by Crippen LogP contribution is 2.43. The van der Waals surface area contributed by atoms with Crippen molar-refractivity contribution in [1.29, 1.82) is 0 Å². The van der Waals surface area contributed by atoms with Gasteiger partial charge in [0.05, 0.1) is 39.8 Å². The number of methoxy groups -OCH3 is 4. The van der Waals surface area contributed by atoms with Crippen molar-refractivity contribution in [3.05, 3.63) is 47.2 Å². The minimum Gasteiger partial charge on any atom is -0.504 e. The number of aromatic hydroxyl groups is 1. The molecule has 154 valence electrons. The molecule has 0 saturated heterocycles. The molecule has 0 aliphatic rings. The van der Waals surface area contributed by atoms with E-state index in [1.54, 1.807) is 33.5 Å². The summed E-state index contributed by atoms with van der Waals surface area (Å²) < 4.78 is 23.9. The second-order valence-corrected chi connectivity index (χ2v) is 6.79. The number of phenolic OH excluding ortho intramolecular Hbond substituents is 1. The molecule has 0 aliphatic heterocycles. The van der Waals surface area contributed by atoms with Gasteiger partial charge in [-0.25, -0.2) is 0 Å². The summed E-state index contributed by atoms with van der Waals surface area (Å²) in [7, 11) is 6.32. The first-order valence-electron chi connectivity index (χ1n) is 9.24. The highest BCUT2D eigenvalue weighted by molar-refractivity contribution is 5.73. The van der Waals surface area contributed by atoms with Crippen LogP contribution in [0.15, 0.2) is 30.3 Å². The van der Waals surface area contributed by atoms with Gasteiger partial charge in [0, 0.05) is 23.4 Å². The first kappa shape index (κ1) is 20.5. The van der Waals surface area contributed by atoms with Crippen LogP contribution in [0.1, 0.15) is 16.8 Å². The monoisotopic (exact) mass is 397 g/mol. The van der Waals surface area contributed by atoms with E-state index >= 15 is 0 Å². The van der Waals surface area contributed by atoms with Crippen molar-refractivity contribution in [2.75, 3.05) is 28.4 Å². The number of rotatable bonds is 6. The van der Waals surface area contributed by atoms with Gasteiger partial charge in [0.25, 0.3) is 0 Å². The molecule has 6 nitrogen and oxygen atoms in total. The number of aromatic nitrogens is 1. The SMILES string of the molecule is COc1ccc(-c2c(C)c(C)c(C)n2-c2cc(OC)c(OC)c(OC)c2)cc1O. The van der Waals surface area contributed by atoms with Crippen molar-refractivity contribution in [2.24, 2.45) is 0 Å². The summed E-state index contributed by atoms with van der Waals surface area (Å²) in [6, 6.07) is 9.25. The Bertz CT molecular complexity index is 1030. The Morgan fingerprint density at radius 1 is 0.724 bits per heavy atom. The fourth-order valence-corrected chi connectivity index (χ4v) is 3.65. The normalized spacial score (nSPS) is 10.7. The zero-order valence-electron chi connectivity index (χ0n) is 17.9. The molecule has 0 aliphatic carbocycles. The predicted octanol–water partition coefficient (Wildman–Crippen LogP) is 4.81. The van der Waals surface area contributed by atoms with Crippen molar-refractivity contribution in [3.63, 3.8) is 0 Å². The van der Waals surface area contributed by atoms with Crippen LogP contribution >= 0.6 is 0 Å². The molecule has 0 unspecified atom stereocenters. The van der Waals surface area contributed by atoms with Gasteiger partial charge in [0.15, 0.2) is 23.0 Å². The highest BCUT2D eigenvalue weighted by atomic mass is 16.5.